The summed E-state index contributed by atoms with van der Waals surface area (Å²) in [6.07, 6.45) is 17.5. The summed E-state index contributed by atoms with van der Waals surface area (Å²) in [6, 6.07) is 0. The highest BCUT2D eigenvalue weighted by Gasteiger charge is 2.67. The summed E-state index contributed by atoms with van der Waals surface area (Å²) >= 11 is 0. The standard InChI is InChI=1S/C26H50.C2H6/c1-8-10-11-12-13-14-20(3)15-23(9-2)18-25(6,7)21(4)16-24-19-26(24)17-22(26)5;1-2/h20-24H,8-19H2,1-7H3;1-2H3. The van der Waals surface area contributed by atoms with Gasteiger partial charge >= 0.3 is 0 Å². The summed E-state index contributed by atoms with van der Waals surface area (Å²) in [7, 11) is 0. The molecule has 2 fully saturated rings. The van der Waals surface area contributed by atoms with Gasteiger partial charge < -0.3 is 0 Å². The molecule has 0 N–H and O–H groups in total. The summed E-state index contributed by atoms with van der Waals surface area (Å²) in [4.78, 5) is 0. The van der Waals surface area contributed by atoms with E-state index in [1.165, 1.54) is 70.6 Å². The molecular formula is C28H56. The molecule has 28 heavy (non-hydrogen) atoms. The first-order chi connectivity index (χ1) is 13.2. The molecule has 2 aliphatic rings. The minimum Gasteiger partial charge on any atom is -0.0683 e. The van der Waals surface area contributed by atoms with Crippen LogP contribution in [0.5, 0.6) is 0 Å². The van der Waals surface area contributed by atoms with E-state index in [4.69, 9.17) is 0 Å². The fraction of sp³-hybridized carbons (Fsp3) is 1.00. The Kier molecular flexibility index (Phi) is 11.2. The Morgan fingerprint density at radius 3 is 2.07 bits per heavy atom. The molecule has 0 saturated heterocycles. The van der Waals surface area contributed by atoms with Crippen molar-refractivity contribution in [3.05, 3.63) is 0 Å². The zero-order valence-electron chi connectivity index (χ0n) is 21.4. The molecule has 0 aliphatic heterocycles. The van der Waals surface area contributed by atoms with Crippen LogP contribution in [0.25, 0.3) is 0 Å². The third kappa shape index (κ3) is 7.68. The topological polar surface area (TPSA) is 0 Å². The Bertz CT molecular complexity index is 408. The van der Waals surface area contributed by atoms with Gasteiger partial charge in [-0.15, -0.1) is 0 Å². The lowest BCUT2D eigenvalue weighted by Crippen LogP contribution is -2.26. The minimum atomic E-state index is 0.517. The van der Waals surface area contributed by atoms with E-state index in [1.807, 2.05) is 13.8 Å². The highest BCUT2D eigenvalue weighted by molar-refractivity contribution is 5.16. The van der Waals surface area contributed by atoms with Gasteiger partial charge in [-0.05, 0) is 72.5 Å². The van der Waals surface area contributed by atoms with Gasteiger partial charge in [0.25, 0.3) is 0 Å². The molecule has 0 heteroatoms. The van der Waals surface area contributed by atoms with E-state index in [-0.39, 0.29) is 0 Å². The van der Waals surface area contributed by atoms with E-state index in [9.17, 15) is 0 Å². The van der Waals surface area contributed by atoms with Crippen LogP contribution in [0.4, 0.5) is 0 Å². The molecule has 2 saturated carbocycles. The van der Waals surface area contributed by atoms with Crippen molar-refractivity contribution in [2.75, 3.05) is 0 Å². The highest BCUT2D eigenvalue weighted by atomic mass is 14.7. The predicted octanol–water partition coefficient (Wildman–Crippen LogP) is 9.91. The second-order valence-corrected chi connectivity index (χ2v) is 11.4. The van der Waals surface area contributed by atoms with Gasteiger partial charge in [0.15, 0.2) is 0 Å². The second-order valence-electron chi connectivity index (χ2n) is 11.4. The van der Waals surface area contributed by atoms with Crippen molar-refractivity contribution in [3.8, 4) is 0 Å². The first-order valence-corrected chi connectivity index (χ1v) is 13.2. The highest BCUT2D eigenvalue weighted by Crippen LogP contribution is 2.76. The minimum absolute atomic E-state index is 0.517. The van der Waals surface area contributed by atoms with Crippen molar-refractivity contribution in [2.24, 2.45) is 40.4 Å². The first kappa shape index (κ1) is 26.0. The molecule has 0 aromatic rings. The van der Waals surface area contributed by atoms with Gasteiger partial charge in [-0.1, -0.05) is 107 Å². The average molecular weight is 393 g/mol. The maximum absolute atomic E-state index is 2.57. The van der Waals surface area contributed by atoms with Crippen LogP contribution in [0.15, 0.2) is 0 Å². The van der Waals surface area contributed by atoms with Crippen molar-refractivity contribution >= 4 is 0 Å². The van der Waals surface area contributed by atoms with Gasteiger partial charge in [0, 0.05) is 0 Å². The smallest absolute Gasteiger partial charge is 0.0237 e. The van der Waals surface area contributed by atoms with Crippen LogP contribution in [-0.2, 0) is 0 Å². The molecule has 2 rings (SSSR count). The zero-order chi connectivity index (χ0) is 21.4. The van der Waals surface area contributed by atoms with E-state index in [2.05, 4.69) is 48.5 Å². The van der Waals surface area contributed by atoms with Gasteiger partial charge in [-0.25, -0.2) is 0 Å². The molecule has 168 valence electrons. The summed E-state index contributed by atoms with van der Waals surface area (Å²) in [5.41, 5.74) is 1.37. The van der Waals surface area contributed by atoms with E-state index in [0.29, 0.717) is 5.41 Å². The lowest BCUT2D eigenvalue weighted by Gasteiger charge is -2.36. The predicted molar refractivity (Wildman–Crippen MR) is 129 cm³/mol. The van der Waals surface area contributed by atoms with Crippen LogP contribution < -0.4 is 0 Å². The van der Waals surface area contributed by atoms with Gasteiger partial charge in [0.2, 0.25) is 0 Å². The fourth-order valence-electron chi connectivity index (χ4n) is 5.95. The van der Waals surface area contributed by atoms with E-state index < -0.39 is 0 Å². The van der Waals surface area contributed by atoms with Crippen LogP contribution in [-0.4, -0.2) is 0 Å². The fourth-order valence-corrected chi connectivity index (χ4v) is 5.95. The Hall–Kier alpha value is 0. The molecule has 0 aromatic carbocycles. The zero-order valence-corrected chi connectivity index (χ0v) is 21.4. The van der Waals surface area contributed by atoms with E-state index in [0.717, 1.165) is 35.0 Å². The third-order valence-electron chi connectivity index (χ3n) is 8.69. The molecule has 1 spiro atoms. The van der Waals surface area contributed by atoms with Crippen LogP contribution in [0.1, 0.15) is 139 Å². The van der Waals surface area contributed by atoms with Crippen LogP contribution in [0.3, 0.4) is 0 Å². The monoisotopic (exact) mass is 392 g/mol. The summed E-state index contributed by atoms with van der Waals surface area (Å²) in [5, 5.41) is 0. The summed E-state index contributed by atoms with van der Waals surface area (Å²) in [5.74, 6) is 4.87. The van der Waals surface area contributed by atoms with Gasteiger partial charge in [0.05, 0.1) is 0 Å². The van der Waals surface area contributed by atoms with Crippen molar-refractivity contribution in [3.63, 3.8) is 0 Å². The number of unbranched alkanes of at least 4 members (excludes halogenated alkanes) is 4. The quantitative estimate of drug-likeness (QED) is 0.258. The maximum Gasteiger partial charge on any atom is -0.0237 e. The summed E-state index contributed by atoms with van der Waals surface area (Å²) in [6.45, 7) is 21.4. The largest absolute Gasteiger partial charge is 0.0683 e. The van der Waals surface area contributed by atoms with Crippen LogP contribution >= 0.6 is 0 Å². The number of hydrogen-bond acceptors (Lipinski definition) is 0. The lowest BCUT2D eigenvalue weighted by atomic mass is 9.69. The number of rotatable bonds is 14. The van der Waals surface area contributed by atoms with Crippen molar-refractivity contribution in [1.82, 2.24) is 0 Å². The van der Waals surface area contributed by atoms with Crippen molar-refractivity contribution in [1.29, 1.82) is 0 Å². The van der Waals surface area contributed by atoms with E-state index in [1.54, 1.807) is 6.42 Å². The molecule has 0 heterocycles. The second kappa shape index (κ2) is 12.0. The molecule has 0 amide bonds. The SMILES string of the molecule is CC.CCCCCCCC(C)CC(CC)CC(C)(C)C(C)CC1CC12CC2C. The average Bonchev–Trinajstić information content (AvgIpc) is 3.53. The maximum atomic E-state index is 2.57. The Balaban J connectivity index is 0.00000190. The molecular weight excluding hydrogens is 336 g/mol. The first-order valence-electron chi connectivity index (χ1n) is 13.2. The Labute approximate surface area is 180 Å². The van der Waals surface area contributed by atoms with Crippen LogP contribution in [0, 0.1) is 40.4 Å². The molecule has 6 atom stereocenters. The summed E-state index contributed by atoms with van der Waals surface area (Å²) < 4.78 is 0. The van der Waals surface area contributed by atoms with E-state index >= 15 is 0 Å². The molecule has 0 radical (unpaired) electrons. The molecule has 2 aliphatic carbocycles. The molecule has 0 aromatic heterocycles. The van der Waals surface area contributed by atoms with Crippen molar-refractivity contribution in [2.45, 2.75) is 139 Å². The molecule has 6 unspecified atom stereocenters. The van der Waals surface area contributed by atoms with Gasteiger partial charge in [-0.3, -0.25) is 0 Å². The lowest BCUT2D eigenvalue weighted by molar-refractivity contribution is 0.143. The van der Waals surface area contributed by atoms with Gasteiger partial charge in [-0.2, -0.15) is 0 Å². The van der Waals surface area contributed by atoms with Gasteiger partial charge in [0.1, 0.15) is 0 Å². The molecule has 0 nitrogen and oxygen atoms in total. The number of hydrogen-bond donors (Lipinski definition) is 0. The molecule has 0 bridgehead atoms. The van der Waals surface area contributed by atoms with Crippen molar-refractivity contribution < 1.29 is 0 Å². The third-order valence-corrected chi connectivity index (χ3v) is 8.69. The normalized spacial score (nSPS) is 29.0. The Morgan fingerprint density at radius 2 is 1.57 bits per heavy atom. The Morgan fingerprint density at radius 1 is 0.964 bits per heavy atom. The van der Waals surface area contributed by atoms with Crippen LogP contribution in [0.2, 0.25) is 0 Å².